The van der Waals surface area contributed by atoms with Crippen molar-refractivity contribution in [3.63, 3.8) is 0 Å². The first-order valence-electron chi connectivity index (χ1n) is 5.62. The van der Waals surface area contributed by atoms with Gasteiger partial charge in [0.1, 0.15) is 0 Å². The van der Waals surface area contributed by atoms with Crippen LogP contribution in [0.5, 0.6) is 0 Å². The maximum Gasteiger partial charge on any atom is 0.0587 e. The lowest BCUT2D eigenvalue weighted by Crippen LogP contribution is -2.26. The molecule has 0 rings (SSSR count). The van der Waals surface area contributed by atoms with E-state index in [1.54, 1.807) is 7.11 Å². The van der Waals surface area contributed by atoms with Gasteiger partial charge in [-0.05, 0) is 25.8 Å². The van der Waals surface area contributed by atoms with Crippen LogP contribution in [0.15, 0.2) is 0 Å². The molecule has 0 saturated heterocycles. The van der Waals surface area contributed by atoms with Gasteiger partial charge in [0.15, 0.2) is 0 Å². The SMILES string of the molecule is CCOCCC(CC)CNCCOC. The van der Waals surface area contributed by atoms with E-state index < -0.39 is 0 Å². The average Bonchev–Trinajstić information content (AvgIpc) is 2.22. The molecule has 0 aliphatic heterocycles. The summed E-state index contributed by atoms with van der Waals surface area (Å²) in [5, 5.41) is 3.38. The molecule has 0 radical (unpaired) electrons. The molecule has 0 aliphatic rings. The van der Waals surface area contributed by atoms with Crippen LogP contribution in [0, 0.1) is 5.92 Å². The van der Waals surface area contributed by atoms with Crippen LogP contribution in [-0.2, 0) is 9.47 Å². The number of hydrogen-bond acceptors (Lipinski definition) is 3. The topological polar surface area (TPSA) is 30.5 Å². The van der Waals surface area contributed by atoms with Crippen molar-refractivity contribution in [3.8, 4) is 0 Å². The molecule has 1 unspecified atom stereocenters. The molecule has 0 aromatic carbocycles. The van der Waals surface area contributed by atoms with E-state index in [0.29, 0.717) is 0 Å². The molecule has 0 aromatic rings. The highest BCUT2D eigenvalue weighted by Crippen LogP contribution is 2.06. The Morgan fingerprint density at radius 3 is 2.57 bits per heavy atom. The smallest absolute Gasteiger partial charge is 0.0587 e. The second-order valence-corrected chi connectivity index (χ2v) is 3.46. The van der Waals surface area contributed by atoms with Gasteiger partial charge in [0.2, 0.25) is 0 Å². The Labute approximate surface area is 88.2 Å². The third-order valence-corrected chi connectivity index (χ3v) is 2.37. The Bertz CT molecular complexity index is 109. The molecule has 0 aliphatic carbocycles. The van der Waals surface area contributed by atoms with E-state index in [4.69, 9.17) is 9.47 Å². The molecule has 0 aromatic heterocycles. The second kappa shape index (κ2) is 11.0. The summed E-state index contributed by atoms with van der Waals surface area (Å²) in [6.07, 6.45) is 2.37. The Hall–Kier alpha value is -0.120. The maximum atomic E-state index is 5.34. The fourth-order valence-electron chi connectivity index (χ4n) is 1.33. The lowest BCUT2D eigenvalue weighted by Gasteiger charge is -2.15. The summed E-state index contributed by atoms with van der Waals surface area (Å²) in [4.78, 5) is 0. The molecule has 1 N–H and O–H groups in total. The molecule has 3 nitrogen and oxygen atoms in total. The summed E-state index contributed by atoms with van der Waals surface area (Å²) in [7, 11) is 1.73. The lowest BCUT2D eigenvalue weighted by atomic mass is 10.0. The van der Waals surface area contributed by atoms with Crippen LogP contribution in [0.25, 0.3) is 0 Å². The van der Waals surface area contributed by atoms with Crippen molar-refractivity contribution in [2.45, 2.75) is 26.7 Å². The Balaban J connectivity index is 3.28. The van der Waals surface area contributed by atoms with Gasteiger partial charge in [-0.15, -0.1) is 0 Å². The van der Waals surface area contributed by atoms with Crippen molar-refractivity contribution >= 4 is 0 Å². The average molecular weight is 203 g/mol. The first kappa shape index (κ1) is 13.9. The summed E-state index contributed by atoms with van der Waals surface area (Å²) >= 11 is 0. The largest absolute Gasteiger partial charge is 0.383 e. The van der Waals surface area contributed by atoms with Crippen molar-refractivity contribution in [3.05, 3.63) is 0 Å². The predicted octanol–water partition coefficient (Wildman–Crippen LogP) is 1.68. The van der Waals surface area contributed by atoms with Crippen LogP contribution < -0.4 is 5.32 Å². The molecular formula is C11H25NO2. The van der Waals surface area contributed by atoms with E-state index in [1.165, 1.54) is 6.42 Å². The lowest BCUT2D eigenvalue weighted by molar-refractivity contribution is 0.130. The Morgan fingerprint density at radius 2 is 2.00 bits per heavy atom. The van der Waals surface area contributed by atoms with Crippen molar-refractivity contribution in [2.24, 2.45) is 5.92 Å². The minimum Gasteiger partial charge on any atom is -0.383 e. The second-order valence-electron chi connectivity index (χ2n) is 3.46. The molecule has 0 heterocycles. The minimum absolute atomic E-state index is 0.735. The highest BCUT2D eigenvalue weighted by atomic mass is 16.5. The van der Waals surface area contributed by atoms with Crippen molar-refractivity contribution in [2.75, 3.05) is 40.0 Å². The highest BCUT2D eigenvalue weighted by molar-refractivity contribution is 4.60. The molecule has 3 heteroatoms. The summed E-state index contributed by atoms with van der Waals surface area (Å²) < 4.78 is 10.3. The summed E-state index contributed by atoms with van der Waals surface area (Å²) in [6, 6.07) is 0. The van der Waals surface area contributed by atoms with Gasteiger partial charge in [-0.2, -0.15) is 0 Å². The van der Waals surface area contributed by atoms with E-state index >= 15 is 0 Å². The zero-order valence-corrected chi connectivity index (χ0v) is 9.84. The van der Waals surface area contributed by atoms with Crippen molar-refractivity contribution in [1.29, 1.82) is 0 Å². The fourth-order valence-corrected chi connectivity index (χ4v) is 1.33. The van der Waals surface area contributed by atoms with E-state index in [-0.39, 0.29) is 0 Å². The van der Waals surface area contributed by atoms with Gasteiger partial charge in [-0.1, -0.05) is 13.3 Å². The molecule has 0 spiro atoms. The number of rotatable bonds is 10. The van der Waals surface area contributed by atoms with Gasteiger partial charge in [-0.25, -0.2) is 0 Å². The highest BCUT2D eigenvalue weighted by Gasteiger charge is 2.04. The van der Waals surface area contributed by atoms with Gasteiger partial charge in [-0.3, -0.25) is 0 Å². The van der Waals surface area contributed by atoms with Gasteiger partial charge >= 0.3 is 0 Å². The molecule has 0 fully saturated rings. The summed E-state index contributed by atoms with van der Waals surface area (Å²) in [5.41, 5.74) is 0. The van der Waals surface area contributed by atoms with Crippen LogP contribution in [-0.4, -0.2) is 40.0 Å². The van der Waals surface area contributed by atoms with E-state index in [0.717, 1.165) is 45.2 Å². The summed E-state index contributed by atoms with van der Waals surface area (Å²) in [6.45, 7) is 8.80. The van der Waals surface area contributed by atoms with Crippen molar-refractivity contribution in [1.82, 2.24) is 5.32 Å². The Kier molecular flexibility index (Phi) is 10.9. The van der Waals surface area contributed by atoms with E-state index in [9.17, 15) is 0 Å². The first-order valence-corrected chi connectivity index (χ1v) is 5.62. The third-order valence-electron chi connectivity index (χ3n) is 2.37. The zero-order valence-electron chi connectivity index (χ0n) is 9.84. The van der Waals surface area contributed by atoms with Crippen LogP contribution in [0.2, 0.25) is 0 Å². The third kappa shape index (κ3) is 8.48. The predicted molar refractivity (Wildman–Crippen MR) is 59.6 cm³/mol. The fraction of sp³-hybridized carbons (Fsp3) is 1.00. The minimum atomic E-state index is 0.735. The molecule has 0 bridgehead atoms. The summed E-state index contributed by atoms with van der Waals surface area (Å²) in [5.74, 6) is 0.735. The number of ether oxygens (including phenoxy) is 2. The maximum absolute atomic E-state index is 5.34. The quantitative estimate of drug-likeness (QED) is 0.548. The first-order chi connectivity index (χ1) is 6.85. The standard InChI is InChI=1S/C11H25NO2/c1-4-11(6-8-14-5-2)10-12-7-9-13-3/h11-12H,4-10H2,1-3H3. The van der Waals surface area contributed by atoms with Gasteiger partial charge < -0.3 is 14.8 Å². The number of nitrogens with one attached hydrogen (secondary N) is 1. The molecule has 14 heavy (non-hydrogen) atoms. The van der Waals surface area contributed by atoms with Crippen LogP contribution >= 0.6 is 0 Å². The monoisotopic (exact) mass is 203 g/mol. The Morgan fingerprint density at radius 1 is 1.21 bits per heavy atom. The molecule has 0 saturated carbocycles. The molecule has 0 amide bonds. The van der Waals surface area contributed by atoms with E-state index in [1.807, 2.05) is 6.92 Å². The molecular weight excluding hydrogens is 178 g/mol. The van der Waals surface area contributed by atoms with Crippen molar-refractivity contribution < 1.29 is 9.47 Å². The number of hydrogen-bond donors (Lipinski definition) is 1. The van der Waals surface area contributed by atoms with Gasteiger partial charge in [0.25, 0.3) is 0 Å². The van der Waals surface area contributed by atoms with E-state index in [2.05, 4.69) is 12.2 Å². The molecule has 86 valence electrons. The number of methoxy groups -OCH3 is 1. The zero-order chi connectivity index (χ0) is 10.6. The van der Waals surface area contributed by atoms with Gasteiger partial charge in [0, 0.05) is 26.9 Å². The van der Waals surface area contributed by atoms with Crippen LogP contribution in [0.3, 0.4) is 0 Å². The normalized spacial score (nSPS) is 13.1. The van der Waals surface area contributed by atoms with Gasteiger partial charge in [0.05, 0.1) is 6.61 Å². The molecule has 1 atom stereocenters. The van der Waals surface area contributed by atoms with Crippen LogP contribution in [0.1, 0.15) is 26.7 Å². The van der Waals surface area contributed by atoms with Crippen LogP contribution in [0.4, 0.5) is 0 Å².